The van der Waals surface area contributed by atoms with E-state index in [1.807, 2.05) is 13.0 Å². The lowest BCUT2D eigenvalue weighted by molar-refractivity contribution is -0.120. The molecule has 0 aliphatic heterocycles. The van der Waals surface area contributed by atoms with E-state index in [-0.39, 0.29) is 37.4 Å². The maximum absolute atomic E-state index is 12.8. The van der Waals surface area contributed by atoms with Gasteiger partial charge in [-0.1, -0.05) is 24.4 Å². The number of nitrogens with zero attached hydrogens (tertiary/aromatic N) is 2. The van der Waals surface area contributed by atoms with E-state index in [1.165, 1.54) is 4.90 Å². The third kappa shape index (κ3) is 6.22. The zero-order valence-electron chi connectivity index (χ0n) is 17.6. The third-order valence-electron chi connectivity index (χ3n) is 5.37. The molecule has 2 amide bonds. The molecule has 1 aliphatic rings. The minimum atomic E-state index is -0.264. The maximum Gasteiger partial charge on any atom is 0.264 e. The van der Waals surface area contributed by atoms with Crippen molar-refractivity contribution in [2.24, 2.45) is 0 Å². The Morgan fingerprint density at radius 1 is 1.19 bits per heavy atom. The molecule has 0 radical (unpaired) electrons. The minimum Gasteiger partial charge on any atom is -0.484 e. The van der Waals surface area contributed by atoms with Crippen LogP contribution in [0.25, 0.3) is 0 Å². The number of carbonyl (C=O) groups is 2. The Morgan fingerprint density at radius 3 is 2.55 bits per heavy atom. The fraction of sp³-hybridized carbons (Fsp3) is 0.375. The first-order valence-corrected chi connectivity index (χ1v) is 10.8. The number of benzene rings is 2. The van der Waals surface area contributed by atoms with E-state index in [2.05, 4.69) is 11.4 Å². The molecular weight excluding hydrogens is 414 g/mol. The molecule has 1 N–H and O–H groups in total. The molecule has 0 heterocycles. The highest BCUT2D eigenvalue weighted by molar-refractivity contribution is 6.31. The summed E-state index contributed by atoms with van der Waals surface area (Å²) in [4.78, 5) is 26.6. The van der Waals surface area contributed by atoms with Gasteiger partial charge in [-0.25, -0.2) is 0 Å². The summed E-state index contributed by atoms with van der Waals surface area (Å²) in [5.74, 6) is 0.147. The van der Waals surface area contributed by atoms with Crippen molar-refractivity contribution < 1.29 is 14.3 Å². The van der Waals surface area contributed by atoms with Gasteiger partial charge in [-0.2, -0.15) is 5.26 Å². The molecule has 0 unspecified atom stereocenters. The van der Waals surface area contributed by atoms with Gasteiger partial charge in [0.1, 0.15) is 5.75 Å². The van der Waals surface area contributed by atoms with Gasteiger partial charge >= 0.3 is 0 Å². The van der Waals surface area contributed by atoms with E-state index in [0.29, 0.717) is 22.0 Å². The number of halogens is 1. The van der Waals surface area contributed by atoms with Crippen LogP contribution < -0.4 is 15.0 Å². The van der Waals surface area contributed by atoms with E-state index in [9.17, 15) is 9.59 Å². The van der Waals surface area contributed by atoms with Crippen LogP contribution in [0.1, 0.15) is 48.0 Å². The number of hydrogen-bond donors (Lipinski definition) is 1. The van der Waals surface area contributed by atoms with E-state index in [0.717, 1.165) is 31.2 Å². The van der Waals surface area contributed by atoms with Crippen LogP contribution in [-0.2, 0) is 4.79 Å². The smallest absolute Gasteiger partial charge is 0.264 e. The lowest BCUT2D eigenvalue weighted by atomic mass is 10.1. The Labute approximate surface area is 187 Å². The van der Waals surface area contributed by atoms with Crippen LogP contribution in [0.15, 0.2) is 42.5 Å². The SMILES string of the molecule is Cc1cc(N(CCC#N)C(=O)COc2ccc(C(=O)NC3CCCC3)cc2)ccc1Cl. The zero-order chi connectivity index (χ0) is 22.2. The molecule has 0 atom stereocenters. The monoisotopic (exact) mass is 439 g/mol. The lowest BCUT2D eigenvalue weighted by Crippen LogP contribution is -2.35. The molecule has 3 rings (SSSR count). The average molecular weight is 440 g/mol. The van der Waals surface area contributed by atoms with Gasteiger partial charge in [0.25, 0.3) is 11.8 Å². The number of hydrogen-bond acceptors (Lipinski definition) is 4. The molecule has 0 bridgehead atoms. The number of carbonyl (C=O) groups excluding carboxylic acids is 2. The molecule has 0 aromatic heterocycles. The van der Waals surface area contributed by atoms with Crippen molar-refractivity contribution in [3.63, 3.8) is 0 Å². The van der Waals surface area contributed by atoms with Gasteiger partial charge in [-0.3, -0.25) is 9.59 Å². The lowest BCUT2D eigenvalue weighted by Gasteiger charge is -2.22. The summed E-state index contributed by atoms with van der Waals surface area (Å²) in [5.41, 5.74) is 2.09. The summed E-state index contributed by atoms with van der Waals surface area (Å²) in [6.45, 7) is 1.94. The predicted octanol–water partition coefficient (Wildman–Crippen LogP) is 4.65. The molecule has 2 aromatic rings. The summed E-state index contributed by atoms with van der Waals surface area (Å²) in [5, 5.41) is 12.6. The highest BCUT2D eigenvalue weighted by Crippen LogP contribution is 2.23. The first-order valence-electron chi connectivity index (χ1n) is 10.4. The number of rotatable bonds is 8. The summed E-state index contributed by atoms with van der Waals surface area (Å²) in [6, 6.07) is 14.4. The normalized spacial score (nSPS) is 13.5. The molecule has 1 fully saturated rings. The van der Waals surface area contributed by atoms with Crippen molar-refractivity contribution >= 4 is 29.1 Å². The molecule has 1 saturated carbocycles. The van der Waals surface area contributed by atoms with Crippen LogP contribution in [0.4, 0.5) is 5.69 Å². The number of nitriles is 1. The molecular formula is C24H26ClN3O3. The van der Waals surface area contributed by atoms with Crippen molar-refractivity contribution in [2.45, 2.75) is 45.1 Å². The summed E-state index contributed by atoms with van der Waals surface area (Å²) >= 11 is 6.08. The number of ether oxygens (including phenoxy) is 1. The number of aryl methyl sites for hydroxylation is 1. The Balaban J connectivity index is 1.60. The highest BCUT2D eigenvalue weighted by atomic mass is 35.5. The summed E-state index contributed by atoms with van der Waals surface area (Å²) < 4.78 is 5.64. The number of amides is 2. The first-order chi connectivity index (χ1) is 15.0. The summed E-state index contributed by atoms with van der Waals surface area (Å²) in [6.07, 6.45) is 4.59. The van der Waals surface area contributed by atoms with Crippen molar-refractivity contribution in [1.29, 1.82) is 5.26 Å². The van der Waals surface area contributed by atoms with Gasteiger partial charge in [0.05, 0.1) is 12.5 Å². The van der Waals surface area contributed by atoms with Gasteiger partial charge in [-0.05, 0) is 67.8 Å². The van der Waals surface area contributed by atoms with E-state index in [4.69, 9.17) is 21.6 Å². The fourth-order valence-electron chi connectivity index (χ4n) is 3.62. The van der Waals surface area contributed by atoms with Gasteiger partial charge in [0, 0.05) is 28.9 Å². The molecule has 7 heteroatoms. The van der Waals surface area contributed by atoms with Gasteiger partial charge in [-0.15, -0.1) is 0 Å². The molecule has 2 aromatic carbocycles. The highest BCUT2D eigenvalue weighted by Gasteiger charge is 2.19. The van der Waals surface area contributed by atoms with Crippen molar-refractivity contribution in [3.05, 3.63) is 58.6 Å². The van der Waals surface area contributed by atoms with Gasteiger partial charge in [0.2, 0.25) is 0 Å². The zero-order valence-corrected chi connectivity index (χ0v) is 18.3. The van der Waals surface area contributed by atoms with E-state index < -0.39 is 0 Å². The van der Waals surface area contributed by atoms with Crippen molar-refractivity contribution in [1.82, 2.24) is 5.32 Å². The quantitative estimate of drug-likeness (QED) is 0.649. The number of anilines is 1. The molecule has 1 aliphatic carbocycles. The van der Waals surface area contributed by atoms with Crippen LogP contribution in [0, 0.1) is 18.3 Å². The fourth-order valence-corrected chi connectivity index (χ4v) is 3.74. The second-order valence-electron chi connectivity index (χ2n) is 7.65. The van der Waals surface area contributed by atoms with E-state index in [1.54, 1.807) is 36.4 Å². The molecule has 0 spiro atoms. The molecule has 6 nitrogen and oxygen atoms in total. The standard InChI is InChI=1S/C24H26ClN3O3/c1-17-15-20(9-12-22(17)25)28(14-4-13-26)23(29)16-31-21-10-7-18(8-11-21)24(30)27-19-5-2-3-6-19/h7-12,15,19H,2-6,14,16H2,1H3,(H,27,30). The minimum absolute atomic E-state index is 0.0877. The molecule has 162 valence electrons. The molecule has 0 saturated heterocycles. The Hall–Kier alpha value is -3.04. The summed E-state index contributed by atoms with van der Waals surface area (Å²) in [7, 11) is 0. The van der Waals surface area contributed by atoms with Crippen LogP contribution in [0.3, 0.4) is 0 Å². The van der Waals surface area contributed by atoms with Crippen LogP contribution in [-0.4, -0.2) is 31.0 Å². The Morgan fingerprint density at radius 2 is 1.90 bits per heavy atom. The second kappa shape index (κ2) is 10.8. The topological polar surface area (TPSA) is 82.4 Å². The largest absolute Gasteiger partial charge is 0.484 e. The van der Waals surface area contributed by atoms with Crippen LogP contribution in [0.2, 0.25) is 5.02 Å². The Bertz CT molecular complexity index is 963. The van der Waals surface area contributed by atoms with Crippen molar-refractivity contribution in [3.8, 4) is 11.8 Å². The third-order valence-corrected chi connectivity index (χ3v) is 5.79. The van der Waals surface area contributed by atoms with Crippen molar-refractivity contribution in [2.75, 3.05) is 18.1 Å². The van der Waals surface area contributed by atoms with Gasteiger partial charge < -0.3 is 15.0 Å². The van der Waals surface area contributed by atoms with Crippen LogP contribution >= 0.6 is 11.6 Å². The van der Waals surface area contributed by atoms with E-state index >= 15 is 0 Å². The second-order valence-corrected chi connectivity index (χ2v) is 8.06. The first kappa shape index (κ1) is 22.6. The predicted molar refractivity (Wildman–Crippen MR) is 120 cm³/mol. The van der Waals surface area contributed by atoms with Crippen LogP contribution in [0.5, 0.6) is 5.75 Å². The number of nitrogens with one attached hydrogen (secondary N) is 1. The average Bonchev–Trinajstić information content (AvgIpc) is 3.28. The maximum atomic E-state index is 12.8. The molecule has 31 heavy (non-hydrogen) atoms. The van der Waals surface area contributed by atoms with Gasteiger partial charge in [0.15, 0.2) is 6.61 Å². The Kier molecular flexibility index (Phi) is 7.91.